The molecule has 132 valence electrons. The summed E-state index contributed by atoms with van der Waals surface area (Å²) in [6, 6.07) is 7.67. The molecule has 0 aromatic carbocycles. The predicted molar refractivity (Wildman–Crippen MR) is 97.0 cm³/mol. The Morgan fingerprint density at radius 2 is 2.16 bits per heavy atom. The molecule has 0 aliphatic carbocycles. The molecular weight excluding hydrogens is 316 g/mol. The van der Waals surface area contributed by atoms with E-state index in [2.05, 4.69) is 16.0 Å². The standard InChI is InChI=1S/C19H24N4O2/c1-4-25-18-15(7-5-10-21-18)19(24)23-12-6-8-16(23)14-9-11-20-17(13-14)22(2)3/h5,7,9-11,13,16H,4,6,8,12H2,1-3H3/t16-/m1/s1. The second kappa shape index (κ2) is 7.51. The van der Waals surface area contributed by atoms with Gasteiger partial charge in [-0.15, -0.1) is 0 Å². The lowest BCUT2D eigenvalue weighted by Gasteiger charge is -2.26. The summed E-state index contributed by atoms with van der Waals surface area (Å²) in [5.41, 5.74) is 1.64. The van der Waals surface area contributed by atoms with Gasteiger partial charge in [0.15, 0.2) is 0 Å². The van der Waals surface area contributed by atoms with Gasteiger partial charge in [-0.25, -0.2) is 9.97 Å². The van der Waals surface area contributed by atoms with Gasteiger partial charge in [0.2, 0.25) is 5.88 Å². The fourth-order valence-corrected chi connectivity index (χ4v) is 3.20. The van der Waals surface area contributed by atoms with E-state index in [9.17, 15) is 4.79 Å². The molecule has 6 nitrogen and oxygen atoms in total. The molecule has 6 heteroatoms. The van der Waals surface area contributed by atoms with Crippen LogP contribution in [0.15, 0.2) is 36.7 Å². The van der Waals surface area contributed by atoms with Crippen LogP contribution in [0.4, 0.5) is 5.82 Å². The Balaban J connectivity index is 1.89. The van der Waals surface area contributed by atoms with E-state index in [4.69, 9.17) is 4.74 Å². The van der Waals surface area contributed by atoms with E-state index in [1.807, 2.05) is 36.9 Å². The SMILES string of the molecule is CCOc1ncccc1C(=O)N1CCC[C@@H]1c1ccnc(N(C)C)c1. The molecule has 1 atom stereocenters. The van der Waals surface area contributed by atoms with Gasteiger partial charge in [0.05, 0.1) is 12.6 Å². The number of ether oxygens (including phenoxy) is 1. The van der Waals surface area contributed by atoms with E-state index in [1.54, 1.807) is 24.5 Å². The van der Waals surface area contributed by atoms with Crippen molar-refractivity contribution in [2.75, 3.05) is 32.1 Å². The minimum Gasteiger partial charge on any atom is -0.477 e. The average molecular weight is 340 g/mol. The van der Waals surface area contributed by atoms with Crippen LogP contribution in [0, 0.1) is 0 Å². The second-order valence-electron chi connectivity index (χ2n) is 6.29. The van der Waals surface area contributed by atoms with Crippen LogP contribution < -0.4 is 9.64 Å². The summed E-state index contributed by atoms with van der Waals surface area (Å²) >= 11 is 0. The molecule has 1 amide bonds. The highest BCUT2D eigenvalue weighted by Crippen LogP contribution is 2.35. The fourth-order valence-electron chi connectivity index (χ4n) is 3.20. The molecule has 0 spiro atoms. The van der Waals surface area contributed by atoms with Crippen LogP contribution >= 0.6 is 0 Å². The number of hydrogen-bond donors (Lipinski definition) is 0. The van der Waals surface area contributed by atoms with Gasteiger partial charge in [-0.3, -0.25) is 4.79 Å². The Morgan fingerprint density at radius 1 is 1.32 bits per heavy atom. The summed E-state index contributed by atoms with van der Waals surface area (Å²) in [6.45, 7) is 3.11. The highest BCUT2D eigenvalue weighted by Gasteiger charge is 2.32. The molecule has 3 heterocycles. The van der Waals surface area contributed by atoms with E-state index in [-0.39, 0.29) is 11.9 Å². The number of pyridine rings is 2. The van der Waals surface area contributed by atoms with Gasteiger partial charge in [0, 0.05) is 33.0 Å². The number of carbonyl (C=O) groups is 1. The minimum absolute atomic E-state index is 0.0257. The molecule has 1 saturated heterocycles. The van der Waals surface area contributed by atoms with Crippen molar-refractivity contribution in [1.82, 2.24) is 14.9 Å². The van der Waals surface area contributed by atoms with Crippen LogP contribution in [0.5, 0.6) is 5.88 Å². The number of hydrogen-bond acceptors (Lipinski definition) is 5. The zero-order chi connectivity index (χ0) is 17.8. The summed E-state index contributed by atoms with van der Waals surface area (Å²) < 4.78 is 5.53. The van der Waals surface area contributed by atoms with Crippen molar-refractivity contribution in [3.63, 3.8) is 0 Å². The molecule has 0 radical (unpaired) electrons. The lowest BCUT2D eigenvalue weighted by molar-refractivity contribution is 0.0730. The fraction of sp³-hybridized carbons (Fsp3) is 0.421. The molecule has 25 heavy (non-hydrogen) atoms. The average Bonchev–Trinajstić information content (AvgIpc) is 3.12. The Labute approximate surface area is 148 Å². The van der Waals surface area contributed by atoms with Gasteiger partial charge in [-0.05, 0) is 49.6 Å². The number of likely N-dealkylation sites (tertiary alicyclic amines) is 1. The molecule has 2 aromatic rings. The quantitative estimate of drug-likeness (QED) is 0.837. The van der Waals surface area contributed by atoms with Crippen molar-refractivity contribution in [2.45, 2.75) is 25.8 Å². The van der Waals surface area contributed by atoms with E-state index < -0.39 is 0 Å². The van der Waals surface area contributed by atoms with Crippen LogP contribution in [0.3, 0.4) is 0 Å². The molecule has 2 aromatic heterocycles. The maximum atomic E-state index is 13.1. The first-order valence-electron chi connectivity index (χ1n) is 8.64. The number of anilines is 1. The number of rotatable bonds is 5. The molecule has 1 aliphatic rings. The molecule has 0 bridgehead atoms. The van der Waals surface area contributed by atoms with Gasteiger partial charge < -0.3 is 14.5 Å². The zero-order valence-corrected chi connectivity index (χ0v) is 15.0. The van der Waals surface area contributed by atoms with Crippen molar-refractivity contribution in [3.05, 3.63) is 47.8 Å². The maximum Gasteiger partial charge on any atom is 0.259 e. The van der Waals surface area contributed by atoms with Gasteiger partial charge in [0.1, 0.15) is 11.4 Å². The first-order chi connectivity index (χ1) is 12.1. The lowest BCUT2D eigenvalue weighted by atomic mass is 10.0. The van der Waals surface area contributed by atoms with Crippen molar-refractivity contribution in [2.24, 2.45) is 0 Å². The highest BCUT2D eigenvalue weighted by molar-refractivity contribution is 5.96. The third-order valence-electron chi connectivity index (χ3n) is 4.41. The van der Waals surface area contributed by atoms with Crippen molar-refractivity contribution >= 4 is 11.7 Å². The molecule has 0 N–H and O–H groups in total. The predicted octanol–water partition coefficient (Wildman–Crippen LogP) is 2.92. The van der Waals surface area contributed by atoms with Crippen LogP contribution in [-0.4, -0.2) is 48.0 Å². The van der Waals surface area contributed by atoms with Crippen LogP contribution in [0.2, 0.25) is 0 Å². The first-order valence-corrected chi connectivity index (χ1v) is 8.64. The van der Waals surface area contributed by atoms with Crippen molar-refractivity contribution < 1.29 is 9.53 Å². The van der Waals surface area contributed by atoms with E-state index in [0.717, 1.165) is 30.8 Å². The topological polar surface area (TPSA) is 58.6 Å². The van der Waals surface area contributed by atoms with Crippen LogP contribution in [-0.2, 0) is 0 Å². The smallest absolute Gasteiger partial charge is 0.259 e. The van der Waals surface area contributed by atoms with E-state index in [0.29, 0.717) is 18.1 Å². The summed E-state index contributed by atoms with van der Waals surface area (Å²) in [5, 5.41) is 0. The van der Waals surface area contributed by atoms with E-state index >= 15 is 0 Å². The number of amides is 1. The summed E-state index contributed by atoms with van der Waals surface area (Å²) in [7, 11) is 3.93. The molecule has 3 rings (SSSR count). The molecule has 1 fully saturated rings. The van der Waals surface area contributed by atoms with Gasteiger partial charge >= 0.3 is 0 Å². The lowest BCUT2D eigenvalue weighted by Crippen LogP contribution is -2.31. The second-order valence-corrected chi connectivity index (χ2v) is 6.29. The largest absolute Gasteiger partial charge is 0.477 e. The van der Waals surface area contributed by atoms with Crippen LogP contribution in [0.1, 0.15) is 41.7 Å². The Hall–Kier alpha value is -2.63. The number of nitrogens with zero attached hydrogens (tertiary/aromatic N) is 4. The Morgan fingerprint density at radius 3 is 2.92 bits per heavy atom. The number of aromatic nitrogens is 2. The van der Waals surface area contributed by atoms with Gasteiger partial charge in [0.25, 0.3) is 5.91 Å². The van der Waals surface area contributed by atoms with Gasteiger partial charge in [-0.1, -0.05) is 0 Å². The third-order valence-corrected chi connectivity index (χ3v) is 4.41. The molecule has 1 aliphatic heterocycles. The maximum absolute atomic E-state index is 13.1. The summed E-state index contributed by atoms with van der Waals surface area (Å²) in [4.78, 5) is 25.6. The molecule has 0 saturated carbocycles. The molecule has 0 unspecified atom stereocenters. The normalized spacial score (nSPS) is 16.8. The minimum atomic E-state index is -0.0257. The van der Waals surface area contributed by atoms with E-state index in [1.165, 1.54) is 0 Å². The first kappa shape index (κ1) is 17.2. The number of carbonyl (C=O) groups excluding carboxylic acids is 1. The summed E-state index contributed by atoms with van der Waals surface area (Å²) in [6.07, 6.45) is 5.39. The third kappa shape index (κ3) is 3.57. The highest BCUT2D eigenvalue weighted by atomic mass is 16.5. The Bertz CT molecular complexity index is 748. The Kier molecular flexibility index (Phi) is 5.16. The van der Waals surface area contributed by atoms with Crippen molar-refractivity contribution in [3.8, 4) is 5.88 Å². The van der Waals surface area contributed by atoms with Crippen molar-refractivity contribution in [1.29, 1.82) is 0 Å². The molecular formula is C19H24N4O2. The van der Waals surface area contributed by atoms with Crippen LogP contribution in [0.25, 0.3) is 0 Å². The zero-order valence-electron chi connectivity index (χ0n) is 15.0. The van der Waals surface area contributed by atoms with Gasteiger partial charge in [-0.2, -0.15) is 0 Å². The monoisotopic (exact) mass is 340 g/mol. The summed E-state index contributed by atoms with van der Waals surface area (Å²) in [5.74, 6) is 1.28.